The highest BCUT2D eigenvalue weighted by Crippen LogP contribution is 2.43. The van der Waals surface area contributed by atoms with Crippen molar-refractivity contribution in [2.45, 2.75) is 26.0 Å². The van der Waals surface area contributed by atoms with E-state index in [0.717, 1.165) is 50.2 Å². The minimum atomic E-state index is -0.270. The fraction of sp³-hybridized carbons (Fsp3) is 0.276. The summed E-state index contributed by atoms with van der Waals surface area (Å²) in [5.41, 5.74) is 12.3. The van der Waals surface area contributed by atoms with Crippen LogP contribution in [0.15, 0.2) is 65.3 Å². The number of methoxy groups -OCH3 is 1. The van der Waals surface area contributed by atoms with Crippen molar-refractivity contribution in [3.8, 4) is 22.6 Å². The van der Waals surface area contributed by atoms with Gasteiger partial charge in [-0.05, 0) is 36.8 Å². The quantitative estimate of drug-likeness (QED) is 0.357. The molecule has 0 aliphatic carbocycles. The van der Waals surface area contributed by atoms with Gasteiger partial charge >= 0.3 is 5.97 Å². The molecule has 0 amide bonds. The average Bonchev–Trinajstić information content (AvgIpc) is 3.37. The lowest BCUT2D eigenvalue weighted by Gasteiger charge is -2.35. The smallest absolute Gasteiger partial charge is 0.310 e. The fourth-order valence-electron chi connectivity index (χ4n) is 4.90. The Hall–Kier alpha value is -3.97. The summed E-state index contributed by atoms with van der Waals surface area (Å²) in [4.78, 5) is 14.4. The summed E-state index contributed by atoms with van der Waals surface area (Å²) >= 11 is 0. The van der Waals surface area contributed by atoms with Crippen molar-refractivity contribution in [3.05, 3.63) is 77.6 Å². The van der Waals surface area contributed by atoms with Crippen LogP contribution < -0.4 is 20.1 Å². The number of para-hydroxylation sites is 2. The molecule has 36 heavy (non-hydrogen) atoms. The molecule has 1 unspecified atom stereocenters. The first-order valence-corrected chi connectivity index (χ1v) is 12.1. The second kappa shape index (κ2) is 9.95. The minimum Gasteiger partial charge on any atom is -0.496 e. The van der Waals surface area contributed by atoms with Crippen molar-refractivity contribution in [2.24, 2.45) is 5.73 Å². The Balaban J connectivity index is 1.59. The molecule has 2 heterocycles. The van der Waals surface area contributed by atoms with Crippen LogP contribution in [0.4, 0.5) is 5.69 Å². The van der Waals surface area contributed by atoms with E-state index in [0.29, 0.717) is 25.4 Å². The number of hydrogen-bond donors (Lipinski definition) is 1. The topological polar surface area (TPSA) is 87.2 Å². The maximum Gasteiger partial charge on any atom is 0.310 e. The molecule has 7 nitrogen and oxygen atoms in total. The highest BCUT2D eigenvalue weighted by Gasteiger charge is 2.29. The maximum absolute atomic E-state index is 12.2. The molecule has 0 saturated heterocycles. The Morgan fingerprint density at radius 1 is 1.11 bits per heavy atom. The molecule has 1 aromatic heterocycles. The number of carbonyl (C=O) groups excluding carboxylic acids is 1. The molecule has 7 heteroatoms. The van der Waals surface area contributed by atoms with Gasteiger partial charge in [0.1, 0.15) is 23.2 Å². The number of esters is 1. The van der Waals surface area contributed by atoms with Gasteiger partial charge in [0.15, 0.2) is 0 Å². The summed E-state index contributed by atoms with van der Waals surface area (Å²) in [5.74, 6) is 1.17. The largest absolute Gasteiger partial charge is 0.496 e. The minimum absolute atomic E-state index is 0.159. The lowest BCUT2D eigenvalue weighted by Crippen LogP contribution is -2.32. The molecule has 5 rings (SSSR count). The molecule has 2 N–H and O–H groups in total. The van der Waals surface area contributed by atoms with E-state index in [2.05, 4.69) is 17.0 Å². The van der Waals surface area contributed by atoms with Crippen LogP contribution >= 0.6 is 0 Å². The normalized spacial score (nSPS) is 14.9. The van der Waals surface area contributed by atoms with Crippen LogP contribution in [0, 0.1) is 0 Å². The first-order chi connectivity index (χ1) is 17.5. The van der Waals surface area contributed by atoms with Gasteiger partial charge in [-0.15, -0.1) is 0 Å². The predicted molar refractivity (Wildman–Crippen MR) is 140 cm³/mol. The highest BCUT2D eigenvalue weighted by molar-refractivity contribution is 5.95. The molecule has 0 spiro atoms. The molecule has 1 atom stereocenters. The third kappa shape index (κ3) is 4.27. The zero-order valence-corrected chi connectivity index (χ0v) is 20.7. The van der Waals surface area contributed by atoms with Gasteiger partial charge < -0.3 is 29.3 Å². The van der Waals surface area contributed by atoms with Gasteiger partial charge in [0.25, 0.3) is 0 Å². The van der Waals surface area contributed by atoms with Gasteiger partial charge in [-0.3, -0.25) is 4.79 Å². The van der Waals surface area contributed by atoms with Crippen LogP contribution in [0.2, 0.25) is 0 Å². The number of benzene rings is 3. The van der Waals surface area contributed by atoms with Crippen LogP contribution in [0.3, 0.4) is 0 Å². The number of rotatable bonds is 7. The van der Waals surface area contributed by atoms with Gasteiger partial charge in [-0.25, -0.2) is 0 Å². The van der Waals surface area contributed by atoms with Crippen molar-refractivity contribution in [3.63, 3.8) is 0 Å². The Morgan fingerprint density at radius 3 is 2.69 bits per heavy atom. The zero-order valence-electron chi connectivity index (χ0n) is 20.7. The van der Waals surface area contributed by atoms with Crippen LogP contribution in [-0.4, -0.2) is 33.3 Å². The number of ether oxygens (including phenoxy) is 3. The molecule has 186 valence electrons. The van der Waals surface area contributed by atoms with Crippen molar-refractivity contribution >= 4 is 22.6 Å². The van der Waals surface area contributed by atoms with E-state index in [1.165, 1.54) is 0 Å². The Morgan fingerprint density at radius 2 is 1.92 bits per heavy atom. The second-order valence-corrected chi connectivity index (χ2v) is 8.84. The van der Waals surface area contributed by atoms with E-state index < -0.39 is 0 Å². The number of likely N-dealkylation sites (N-methyl/N-ethyl adjacent to an activating group) is 1. The number of carbonyl (C=O) groups is 1. The van der Waals surface area contributed by atoms with Gasteiger partial charge in [0.05, 0.1) is 38.6 Å². The van der Waals surface area contributed by atoms with Gasteiger partial charge in [-0.2, -0.15) is 0 Å². The number of fused-ring (bicyclic) bond motifs is 2. The monoisotopic (exact) mass is 486 g/mol. The van der Waals surface area contributed by atoms with Crippen LogP contribution in [-0.2, 0) is 22.5 Å². The van der Waals surface area contributed by atoms with Crippen molar-refractivity contribution < 1.29 is 23.4 Å². The third-order valence-electron chi connectivity index (χ3n) is 6.58. The Kier molecular flexibility index (Phi) is 6.57. The fourth-order valence-corrected chi connectivity index (χ4v) is 4.90. The van der Waals surface area contributed by atoms with Gasteiger partial charge in [-0.1, -0.05) is 30.3 Å². The van der Waals surface area contributed by atoms with Crippen LogP contribution in [0.1, 0.15) is 29.7 Å². The van der Waals surface area contributed by atoms with Crippen molar-refractivity contribution in [2.75, 3.05) is 32.2 Å². The van der Waals surface area contributed by atoms with Crippen molar-refractivity contribution in [1.29, 1.82) is 0 Å². The lowest BCUT2D eigenvalue weighted by atomic mass is 9.95. The number of hydrogen-bond acceptors (Lipinski definition) is 7. The predicted octanol–water partition coefficient (Wildman–Crippen LogP) is 5.24. The van der Waals surface area contributed by atoms with Crippen LogP contribution in [0.25, 0.3) is 22.1 Å². The number of furan rings is 1. The summed E-state index contributed by atoms with van der Waals surface area (Å²) in [6.07, 6.45) is 1.59. The zero-order chi connectivity index (χ0) is 25.2. The van der Waals surface area contributed by atoms with Crippen LogP contribution in [0.5, 0.6) is 11.5 Å². The molecule has 4 aromatic rings. The summed E-state index contributed by atoms with van der Waals surface area (Å²) in [6.45, 7) is 3.17. The van der Waals surface area contributed by atoms with Gasteiger partial charge in [0, 0.05) is 41.2 Å². The van der Waals surface area contributed by atoms with E-state index in [9.17, 15) is 4.79 Å². The number of anilines is 1. The molecule has 0 radical (unpaired) electrons. The van der Waals surface area contributed by atoms with E-state index in [1.54, 1.807) is 20.3 Å². The molecule has 0 bridgehead atoms. The number of nitrogens with zero attached hydrogens (tertiary/aromatic N) is 1. The Bertz CT molecular complexity index is 1410. The molecule has 0 fully saturated rings. The Labute approximate surface area is 210 Å². The maximum atomic E-state index is 12.2. The summed E-state index contributed by atoms with van der Waals surface area (Å²) in [7, 11) is 3.69. The number of nitrogens with two attached hydrogens (primary N) is 1. The van der Waals surface area contributed by atoms with Crippen molar-refractivity contribution in [1.82, 2.24) is 0 Å². The molecular formula is C29H30N2O5. The molecule has 1 aliphatic heterocycles. The highest BCUT2D eigenvalue weighted by atomic mass is 16.5. The summed E-state index contributed by atoms with van der Waals surface area (Å²) in [6, 6.07) is 18.0. The third-order valence-corrected chi connectivity index (χ3v) is 6.58. The summed E-state index contributed by atoms with van der Waals surface area (Å²) < 4.78 is 23.4. The van der Waals surface area contributed by atoms with E-state index in [-0.39, 0.29) is 18.5 Å². The molecular weight excluding hydrogens is 456 g/mol. The molecule has 3 aromatic carbocycles. The second-order valence-electron chi connectivity index (χ2n) is 8.84. The SMILES string of the molecule is CCOC(=O)Cc1cccc2c1OC(c1cc(-c3cccc(CN)c3OC)c3occc3c1)CN2C. The summed E-state index contributed by atoms with van der Waals surface area (Å²) in [5, 5.41) is 0.972. The standard InChI is InChI=1S/C29H30N2O5/c1-4-34-26(32)15-18-7-6-10-24-29(18)36-25(17-31(24)2)21-13-19-11-12-35-28(19)23(14-21)22-9-5-8-20(16-30)27(22)33-3/h5-14,25H,4,15-17,30H2,1-3H3. The first-order valence-electron chi connectivity index (χ1n) is 12.1. The molecule has 0 saturated carbocycles. The van der Waals surface area contributed by atoms with E-state index >= 15 is 0 Å². The van der Waals surface area contributed by atoms with Gasteiger partial charge in [0.2, 0.25) is 0 Å². The van der Waals surface area contributed by atoms with E-state index in [1.807, 2.05) is 49.5 Å². The first kappa shape index (κ1) is 23.8. The van der Waals surface area contributed by atoms with E-state index in [4.69, 9.17) is 24.4 Å². The average molecular weight is 487 g/mol. The lowest BCUT2D eigenvalue weighted by molar-refractivity contribution is -0.142. The molecule has 1 aliphatic rings.